The molecular formula is C18H30O. The van der Waals surface area contributed by atoms with Gasteiger partial charge in [-0.05, 0) is 80.0 Å². The van der Waals surface area contributed by atoms with Crippen LogP contribution in [0.4, 0.5) is 0 Å². The summed E-state index contributed by atoms with van der Waals surface area (Å²) in [5, 5.41) is 9.97. The SMILES string of the molecule is OC[C@@]12CCC[C@H]1[C@@H]1CCC3CCCC[C@@H]3[C@H]1CC2. The van der Waals surface area contributed by atoms with Crippen LogP contribution in [0.1, 0.15) is 70.6 Å². The predicted molar refractivity (Wildman–Crippen MR) is 77.8 cm³/mol. The number of aliphatic hydroxyl groups is 1. The Balaban J connectivity index is 1.58. The van der Waals surface area contributed by atoms with Crippen LogP contribution >= 0.6 is 0 Å². The highest BCUT2D eigenvalue weighted by Crippen LogP contribution is 2.62. The van der Waals surface area contributed by atoms with Gasteiger partial charge in [0.25, 0.3) is 0 Å². The summed E-state index contributed by atoms with van der Waals surface area (Å²) in [6.45, 7) is 0.481. The Labute approximate surface area is 118 Å². The lowest BCUT2D eigenvalue weighted by Crippen LogP contribution is -2.48. The molecule has 4 aliphatic carbocycles. The van der Waals surface area contributed by atoms with Gasteiger partial charge in [0.05, 0.1) is 0 Å². The molecule has 1 unspecified atom stereocenters. The highest BCUT2D eigenvalue weighted by Gasteiger charge is 2.54. The zero-order valence-electron chi connectivity index (χ0n) is 12.3. The third kappa shape index (κ3) is 1.83. The van der Waals surface area contributed by atoms with Crippen molar-refractivity contribution in [3.05, 3.63) is 0 Å². The van der Waals surface area contributed by atoms with Crippen LogP contribution in [0.15, 0.2) is 0 Å². The van der Waals surface area contributed by atoms with Crippen molar-refractivity contribution in [3.8, 4) is 0 Å². The Morgan fingerprint density at radius 1 is 0.737 bits per heavy atom. The van der Waals surface area contributed by atoms with E-state index in [0.717, 1.165) is 29.6 Å². The van der Waals surface area contributed by atoms with E-state index in [4.69, 9.17) is 0 Å². The quantitative estimate of drug-likeness (QED) is 0.743. The first kappa shape index (κ1) is 12.7. The maximum atomic E-state index is 9.97. The van der Waals surface area contributed by atoms with Crippen LogP contribution in [0.25, 0.3) is 0 Å². The van der Waals surface area contributed by atoms with Crippen LogP contribution in [-0.4, -0.2) is 11.7 Å². The molecule has 4 rings (SSSR count). The molecule has 0 heterocycles. The van der Waals surface area contributed by atoms with Crippen molar-refractivity contribution in [2.75, 3.05) is 6.61 Å². The molecule has 0 saturated heterocycles. The maximum Gasteiger partial charge on any atom is 0.0490 e. The van der Waals surface area contributed by atoms with Gasteiger partial charge in [-0.15, -0.1) is 0 Å². The second kappa shape index (κ2) is 4.76. The first-order valence-corrected chi connectivity index (χ1v) is 8.95. The van der Waals surface area contributed by atoms with E-state index in [9.17, 15) is 5.11 Å². The maximum absolute atomic E-state index is 9.97. The molecule has 4 aliphatic rings. The number of hydrogen-bond donors (Lipinski definition) is 1. The predicted octanol–water partition coefficient (Wildman–Crippen LogP) is 4.39. The van der Waals surface area contributed by atoms with Gasteiger partial charge in [0.15, 0.2) is 0 Å². The van der Waals surface area contributed by atoms with Crippen molar-refractivity contribution < 1.29 is 5.11 Å². The monoisotopic (exact) mass is 262 g/mol. The molecule has 0 spiro atoms. The standard InChI is InChI=1S/C18H30O/c19-12-18-10-3-6-17(18)16-8-7-13-4-1-2-5-14(13)15(16)9-11-18/h13-17,19H,1-12H2/t13?,14-,15+,16+,17-,18-/m0/s1. The minimum atomic E-state index is 0.364. The topological polar surface area (TPSA) is 20.2 Å². The molecule has 6 atom stereocenters. The molecule has 0 radical (unpaired) electrons. The van der Waals surface area contributed by atoms with Crippen LogP contribution in [0.3, 0.4) is 0 Å². The Bertz CT molecular complexity index is 339. The lowest BCUT2D eigenvalue weighted by molar-refractivity contribution is -0.0744. The van der Waals surface area contributed by atoms with Crippen LogP contribution in [0.5, 0.6) is 0 Å². The van der Waals surface area contributed by atoms with Crippen molar-refractivity contribution in [2.24, 2.45) is 35.0 Å². The van der Waals surface area contributed by atoms with Gasteiger partial charge in [0.1, 0.15) is 0 Å². The van der Waals surface area contributed by atoms with Crippen molar-refractivity contribution in [1.82, 2.24) is 0 Å². The zero-order valence-corrected chi connectivity index (χ0v) is 12.3. The van der Waals surface area contributed by atoms with Gasteiger partial charge in [0.2, 0.25) is 0 Å². The highest BCUT2D eigenvalue weighted by atomic mass is 16.3. The van der Waals surface area contributed by atoms with Gasteiger partial charge >= 0.3 is 0 Å². The lowest BCUT2D eigenvalue weighted by Gasteiger charge is -2.55. The van der Waals surface area contributed by atoms with Crippen LogP contribution in [0.2, 0.25) is 0 Å². The minimum absolute atomic E-state index is 0.364. The fourth-order valence-electron chi connectivity index (χ4n) is 6.90. The van der Waals surface area contributed by atoms with E-state index in [2.05, 4.69) is 0 Å². The lowest BCUT2D eigenvalue weighted by atomic mass is 9.50. The van der Waals surface area contributed by atoms with Gasteiger partial charge in [-0.1, -0.05) is 25.7 Å². The summed E-state index contributed by atoms with van der Waals surface area (Å²) in [7, 11) is 0. The highest BCUT2D eigenvalue weighted by molar-refractivity contribution is 5.04. The third-order valence-corrected chi connectivity index (χ3v) is 7.72. The first-order valence-electron chi connectivity index (χ1n) is 8.95. The Hall–Kier alpha value is -0.0400. The van der Waals surface area contributed by atoms with E-state index >= 15 is 0 Å². The summed E-state index contributed by atoms with van der Waals surface area (Å²) < 4.78 is 0. The molecule has 0 aromatic carbocycles. The van der Waals surface area contributed by atoms with E-state index in [1.807, 2.05) is 0 Å². The molecule has 19 heavy (non-hydrogen) atoms. The third-order valence-electron chi connectivity index (χ3n) is 7.72. The number of fused-ring (bicyclic) bond motifs is 5. The van der Waals surface area contributed by atoms with Gasteiger partial charge < -0.3 is 5.11 Å². The number of rotatable bonds is 1. The minimum Gasteiger partial charge on any atom is -0.396 e. The molecule has 1 heteroatoms. The molecule has 0 bridgehead atoms. The Kier molecular flexibility index (Phi) is 3.17. The first-order chi connectivity index (χ1) is 9.34. The average Bonchev–Trinajstić information content (AvgIpc) is 2.91. The van der Waals surface area contributed by atoms with Gasteiger partial charge in [-0.3, -0.25) is 0 Å². The van der Waals surface area contributed by atoms with Crippen molar-refractivity contribution in [3.63, 3.8) is 0 Å². The zero-order chi connectivity index (χ0) is 12.9. The van der Waals surface area contributed by atoms with Gasteiger partial charge in [-0.2, -0.15) is 0 Å². The molecular weight excluding hydrogens is 232 g/mol. The van der Waals surface area contributed by atoms with Gasteiger partial charge in [-0.25, -0.2) is 0 Å². The van der Waals surface area contributed by atoms with Crippen LogP contribution in [-0.2, 0) is 0 Å². The van der Waals surface area contributed by atoms with E-state index < -0.39 is 0 Å². The number of hydrogen-bond acceptors (Lipinski definition) is 1. The molecule has 1 N–H and O–H groups in total. The summed E-state index contributed by atoms with van der Waals surface area (Å²) in [6.07, 6.45) is 16.0. The van der Waals surface area contributed by atoms with Crippen LogP contribution in [0, 0.1) is 35.0 Å². The summed E-state index contributed by atoms with van der Waals surface area (Å²) in [4.78, 5) is 0. The Morgan fingerprint density at radius 2 is 1.63 bits per heavy atom. The van der Waals surface area contributed by atoms with Crippen molar-refractivity contribution in [2.45, 2.75) is 70.6 Å². The summed E-state index contributed by atoms with van der Waals surface area (Å²) >= 11 is 0. The fourth-order valence-corrected chi connectivity index (χ4v) is 6.90. The van der Waals surface area contributed by atoms with Crippen molar-refractivity contribution in [1.29, 1.82) is 0 Å². The second-order valence-electron chi connectivity index (χ2n) is 8.17. The van der Waals surface area contributed by atoms with Crippen LogP contribution < -0.4 is 0 Å². The summed E-state index contributed by atoms with van der Waals surface area (Å²) in [5.74, 6) is 5.08. The summed E-state index contributed by atoms with van der Waals surface area (Å²) in [6, 6.07) is 0. The van der Waals surface area contributed by atoms with E-state index in [1.54, 1.807) is 0 Å². The molecule has 0 aromatic rings. The Morgan fingerprint density at radius 3 is 2.53 bits per heavy atom. The molecule has 4 fully saturated rings. The molecule has 0 aliphatic heterocycles. The largest absolute Gasteiger partial charge is 0.396 e. The number of aliphatic hydroxyl groups excluding tert-OH is 1. The van der Waals surface area contributed by atoms with Gasteiger partial charge in [0, 0.05) is 6.61 Å². The van der Waals surface area contributed by atoms with E-state index in [1.165, 1.54) is 70.6 Å². The van der Waals surface area contributed by atoms with Crippen molar-refractivity contribution >= 4 is 0 Å². The van der Waals surface area contributed by atoms with E-state index in [-0.39, 0.29) is 0 Å². The summed E-state index contributed by atoms with van der Waals surface area (Å²) in [5.41, 5.74) is 0.364. The average molecular weight is 262 g/mol. The molecule has 0 amide bonds. The van der Waals surface area contributed by atoms with E-state index in [0.29, 0.717) is 12.0 Å². The molecule has 0 aromatic heterocycles. The molecule has 1 nitrogen and oxygen atoms in total. The fraction of sp³-hybridized carbons (Fsp3) is 1.00. The molecule has 108 valence electrons. The second-order valence-corrected chi connectivity index (χ2v) is 8.17. The smallest absolute Gasteiger partial charge is 0.0490 e. The normalized spacial score (nSPS) is 53.2. The molecule has 4 saturated carbocycles.